The highest BCUT2D eigenvalue weighted by Crippen LogP contribution is 2.41. The first-order valence-corrected chi connectivity index (χ1v) is 8.23. The molecule has 1 heterocycles. The normalized spacial score (nSPS) is 14.6. The van der Waals surface area contributed by atoms with E-state index >= 15 is 0 Å². The number of benzene rings is 2. The van der Waals surface area contributed by atoms with Crippen LogP contribution in [-0.2, 0) is 0 Å². The Balaban J connectivity index is 1.97. The summed E-state index contributed by atoms with van der Waals surface area (Å²) in [6.45, 7) is 0. The van der Waals surface area contributed by atoms with Crippen molar-refractivity contribution >= 4 is 23.6 Å². The molecule has 4 nitrogen and oxygen atoms in total. The van der Waals surface area contributed by atoms with E-state index in [1.807, 2.05) is 30.5 Å². The average Bonchev–Trinajstić information content (AvgIpc) is 2.90. The zero-order valence-electron chi connectivity index (χ0n) is 13.1. The molecule has 0 N–H and O–H groups in total. The van der Waals surface area contributed by atoms with Gasteiger partial charge >= 0.3 is 0 Å². The van der Waals surface area contributed by atoms with Crippen LogP contribution in [0.25, 0.3) is 6.08 Å². The van der Waals surface area contributed by atoms with E-state index in [1.54, 1.807) is 37.1 Å². The number of rotatable bonds is 4. The number of hydrogen-bond donors (Lipinski definition) is 0. The maximum Gasteiger partial charge on any atom is 0.235 e. The van der Waals surface area contributed by atoms with Crippen LogP contribution in [0.4, 0.5) is 0 Å². The summed E-state index contributed by atoms with van der Waals surface area (Å²) in [7, 11) is 3.08. The van der Waals surface area contributed by atoms with Gasteiger partial charge in [0.25, 0.3) is 0 Å². The van der Waals surface area contributed by atoms with Gasteiger partial charge in [0.05, 0.1) is 14.2 Å². The average molecular weight is 328 g/mol. The number of allylic oxidation sites excluding steroid dienone is 1. The van der Waals surface area contributed by atoms with Crippen LogP contribution in [0.2, 0.25) is 0 Å². The van der Waals surface area contributed by atoms with Gasteiger partial charge < -0.3 is 14.2 Å². The monoisotopic (exact) mass is 328 g/mol. The maximum absolute atomic E-state index is 12.6. The lowest BCUT2D eigenvalue weighted by Gasteiger charge is -2.07. The molecule has 1 aliphatic heterocycles. The smallest absolute Gasteiger partial charge is 0.235 e. The van der Waals surface area contributed by atoms with Crippen LogP contribution >= 0.6 is 11.8 Å². The summed E-state index contributed by atoms with van der Waals surface area (Å²) < 4.78 is 16.2. The first kappa shape index (κ1) is 15.5. The van der Waals surface area contributed by atoms with Crippen LogP contribution in [-0.4, -0.2) is 26.3 Å². The Morgan fingerprint density at radius 2 is 1.83 bits per heavy atom. The van der Waals surface area contributed by atoms with Gasteiger partial charge in [-0.2, -0.15) is 0 Å². The summed E-state index contributed by atoms with van der Waals surface area (Å²) in [6, 6.07) is 11.3. The molecule has 0 spiro atoms. The fourth-order valence-electron chi connectivity index (χ4n) is 2.38. The third-order valence-corrected chi connectivity index (χ3v) is 4.32. The summed E-state index contributed by atoms with van der Waals surface area (Å²) in [5.74, 6) is 1.58. The highest BCUT2D eigenvalue weighted by atomic mass is 32.2. The van der Waals surface area contributed by atoms with Crippen molar-refractivity contribution in [3.05, 3.63) is 53.3 Å². The molecular formula is C18H16O4S. The molecule has 23 heavy (non-hydrogen) atoms. The third kappa shape index (κ3) is 2.92. The fraction of sp³-hybridized carbons (Fsp3) is 0.167. The number of carbonyl (C=O) groups is 1. The van der Waals surface area contributed by atoms with Gasteiger partial charge in [-0.15, -0.1) is 11.8 Å². The topological polar surface area (TPSA) is 44.8 Å². The van der Waals surface area contributed by atoms with E-state index in [0.717, 1.165) is 5.56 Å². The number of hydrogen-bond acceptors (Lipinski definition) is 5. The molecule has 0 fully saturated rings. The van der Waals surface area contributed by atoms with Gasteiger partial charge in [0, 0.05) is 17.0 Å². The summed E-state index contributed by atoms with van der Waals surface area (Å²) in [6.07, 6.45) is 3.76. The van der Waals surface area contributed by atoms with E-state index in [4.69, 9.17) is 14.2 Å². The van der Waals surface area contributed by atoms with Crippen molar-refractivity contribution in [1.29, 1.82) is 0 Å². The second-order valence-corrected chi connectivity index (χ2v) is 5.80. The van der Waals surface area contributed by atoms with Crippen LogP contribution in [0.15, 0.2) is 47.1 Å². The van der Waals surface area contributed by atoms with Gasteiger partial charge in [-0.1, -0.05) is 12.1 Å². The van der Waals surface area contributed by atoms with Crippen molar-refractivity contribution in [2.75, 3.05) is 20.5 Å². The number of ether oxygens (including phenoxy) is 3. The zero-order chi connectivity index (χ0) is 16.4. The largest absolute Gasteiger partial charge is 0.496 e. The Morgan fingerprint density at radius 3 is 2.43 bits per heavy atom. The van der Waals surface area contributed by atoms with Gasteiger partial charge in [-0.05, 0) is 30.0 Å². The van der Waals surface area contributed by atoms with E-state index in [0.29, 0.717) is 22.8 Å². The second-order valence-electron chi connectivity index (χ2n) is 4.92. The van der Waals surface area contributed by atoms with Crippen LogP contribution in [0, 0.1) is 0 Å². The van der Waals surface area contributed by atoms with Crippen molar-refractivity contribution in [2.24, 2.45) is 0 Å². The van der Waals surface area contributed by atoms with Crippen LogP contribution < -0.4 is 14.2 Å². The van der Waals surface area contributed by atoms with Gasteiger partial charge in [0.2, 0.25) is 5.78 Å². The number of methoxy groups -OCH3 is 2. The van der Waals surface area contributed by atoms with Gasteiger partial charge in [-0.3, -0.25) is 4.79 Å². The number of ketones is 1. The summed E-state index contributed by atoms with van der Waals surface area (Å²) in [5.41, 5.74) is 1.34. The van der Waals surface area contributed by atoms with Crippen molar-refractivity contribution in [3.8, 4) is 17.2 Å². The predicted molar refractivity (Wildman–Crippen MR) is 90.7 cm³/mol. The second kappa shape index (κ2) is 6.38. The molecule has 0 bridgehead atoms. The molecule has 3 rings (SSSR count). The first-order chi connectivity index (χ1) is 11.2. The molecule has 0 saturated carbocycles. The molecule has 118 valence electrons. The molecule has 0 atom stereocenters. The Kier molecular flexibility index (Phi) is 4.30. The SMILES string of the molecule is COc1cc(OC)c2c(c1)OC(=Cc1ccc(SC)cc1)C2=O. The van der Waals surface area contributed by atoms with E-state index in [1.165, 1.54) is 12.0 Å². The standard InChI is InChI=1S/C18H16O4S/c1-20-12-9-14(21-2)17-15(10-12)22-16(18(17)19)8-11-4-6-13(23-3)7-5-11/h4-10H,1-3H3. The Bertz CT molecular complexity index is 778. The van der Waals surface area contributed by atoms with Crippen LogP contribution in [0.1, 0.15) is 15.9 Å². The molecule has 0 unspecified atom stereocenters. The van der Waals surface area contributed by atoms with E-state index in [9.17, 15) is 4.79 Å². The molecule has 0 aromatic heterocycles. The molecule has 0 saturated heterocycles. The van der Waals surface area contributed by atoms with E-state index in [-0.39, 0.29) is 11.5 Å². The molecular weight excluding hydrogens is 312 g/mol. The predicted octanol–water partition coefficient (Wildman–Crippen LogP) is 4.04. The van der Waals surface area contributed by atoms with E-state index < -0.39 is 0 Å². The van der Waals surface area contributed by atoms with E-state index in [2.05, 4.69) is 0 Å². The molecule has 5 heteroatoms. The quantitative estimate of drug-likeness (QED) is 0.626. The molecule has 1 aliphatic rings. The summed E-state index contributed by atoms with van der Waals surface area (Å²) >= 11 is 1.67. The zero-order valence-corrected chi connectivity index (χ0v) is 13.9. The minimum atomic E-state index is -0.187. The van der Waals surface area contributed by atoms with Crippen molar-refractivity contribution < 1.29 is 19.0 Å². The van der Waals surface area contributed by atoms with Gasteiger partial charge in [-0.25, -0.2) is 0 Å². The molecule has 0 aliphatic carbocycles. The maximum atomic E-state index is 12.6. The molecule has 0 amide bonds. The number of fused-ring (bicyclic) bond motifs is 1. The molecule has 2 aromatic rings. The van der Waals surface area contributed by atoms with Gasteiger partial charge in [0.15, 0.2) is 5.76 Å². The van der Waals surface area contributed by atoms with Crippen LogP contribution in [0.3, 0.4) is 0 Å². The lowest BCUT2D eigenvalue weighted by Crippen LogP contribution is -2.00. The lowest BCUT2D eigenvalue weighted by molar-refractivity contribution is 0.101. The number of Topliss-reactive ketones (excluding diaryl/α,β-unsaturated/α-hetero) is 1. The first-order valence-electron chi connectivity index (χ1n) is 7.00. The van der Waals surface area contributed by atoms with Crippen molar-refractivity contribution in [2.45, 2.75) is 4.90 Å². The third-order valence-electron chi connectivity index (χ3n) is 3.58. The Labute approximate surface area is 139 Å². The summed E-state index contributed by atoms with van der Waals surface area (Å²) in [4.78, 5) is 13.8. The minimum absolute atomic E-state index is 0.187. The highest BCUT2D eigenvalue weighted by molar-refractivity contribution is 7.98. The van der Waals surface area contributed by atoms with Crippen molar-refractivity contribution in [1.82, 2.24) is 0 Å². The Hall–Kier alpha value is -2.40. The van der Waals surface area contributed by atoms with Gasteiger partial charge in [0.1, 0.15) is 22.8 Å². The highest BCUT2D eigenvalue weighted by Gasteiger charge is 2.32. The number of carbonyl (C=O) groups excluding carboxylic acids is 1. The molecule has 0 radical (unpaired) electrons. The van der Waals surface area contributed by atoms with Crippen LogP contribution in [0.5, 0.6) is 17.2 Å². The molecule has 2 aromatic carbocycles. The fourth-order valence-corrected chi connectivity index (χ4v) is 2.79. The number of thioether (sulfide) groups is 1. The Morgan fingerprint density at radius 1 is 1.09 bits per heavy atom. The summed E-state index contributed by atoms with van der Waals surface area (Å²) in [5, 5.41) is 0. The minimum Gasteiger partial charge on any atom is -0.496 e. The lowest BCUT2D eigenvalue weighted by atomic mass is 10.1. The van der Waals surface area contributed by atoms with Crippen molar-refractivity contribution in [3.63, 3.8) is 0 Å².